The minimum absolute atomic E-state index is 0.103. The van der Waals surface area contributed by atoms with Crippen molar-refractivity contribution in [3.8, 4) is 0 Å². The van der Waals surface area contributed by atoms with E-state index < -0.39 is 0 Å². The van der Waals surface area contributed by atoms with E-state index in [1.54, 1.807) is 0 Å². The average molecular weight is 159 g/mol. The zero-order valence-electron chi connectivity index (χ0n) is 8.09. The van der Waals surface area contributed by atoms with Crippen LogP contribution in [-0.2, 0) is 0 Å². The Bertz CT molecular complexity index is 108. The molecule has 2 unspecified atom stereocenters. The van der Waals surface area contributed by atoms with Gasteiger partial charge in [0.15, 0.2) is 0 Å². The van der Waals surface area contributed by atoms with Gasteiger partial charge in [0.25, 0.3) is 0 Å². The predicted octanol–water partition coefficient (Wildman–Crippen LogP) is 1.38. The van der Waals surface area contributed by atoms with E-state index in [0.717, 1.165) is 6.42 Å². The molecule has 2 atom stereocenters. The van der Waals surface area contributed by atoms with Gasteiger partial charge in [0.1, 0.15) is 0 Å². The fourth-order valence-corrected chi connectivity index (χ4v) is 1.28. The van der Waals surface area contributed by atoms with Gasteiger partial charge in [0.2, 0.25) is 0 Å². The van der Waals surface area contributed by atoms with E-state index in [1.165, 1.54) is 0 Å². The Labute approximate surface area is 69.8 Å². The van der Waals surface area contributed by atoms with Gasteiger partial charge in [0.05, 0.1) is 6.10 Å². The van der Waals surface area contributed by atoms with E-state index in [9.17, 15) is 5.11 Å². The largest absolute Gasteiger partial charge is 0.392 e. The molecule has 11 heavy (non-hydrogen) atoms. The molecule has 0 aromatic carbocycles. The lowest BCUT2D eigenvalue weighted by Crippen LogP contribution is -2.41. The number of nitrogens with two attached hydrogens (primary N) is 1. The van der Waals surface area contributed by atoms with E-state index in [-0.39, 0.29) is 11.5 Å². The molecule has 0 spiro atoms. The highest BCUT2D eigenvalue weighted by atomic mass is 16.3. The minimum atomic E-state index is -0.280. The maximum Gasteiger partial charge on any atom is 0.0628 e. The van der Waals surface area contributed by atoms with Crippen LogP contribution >= 0.6 is 0 Å². The van der Waals surface area contributed by atoms with E-state index >= 15 is 0 Å². The molecule has 0 fully saturated rings. The van der Waals surface area contributed by atoms with E-state index in [1.807, 2.05) is 20.8 Å². The number of hydrogen-bond donors (Lipinski definition) is 2. The third-order valence-electron chi connectivity index (χ3n) is 2.62. The first-order chi connectivity index (χ1) is 4.98. The van der Waals surface area contributed by atoms with Gasteiger partial charge in [-0.2, -0.15) is 0 Å². The molecular weight excluding hydrogens is 138 g/mol. The molecule has 0 aromatic heterocycles. The summed E-state index contributed by atoms with van der Waals surface area (Å²) >= 11 is 0. The quantitative estimate of drug-likeness (QED) is 0.651. The molecule has 0 radical (unpaired) electrons. The lowest BCUT2D eigenvalue weighted by molar-refractivity contribution is 0.00485. The second kappa shape index (κ2) is 4.07. The summed E-state index contributed by atoms with van der Waals surface area (Å²) in [4.78, 5) is 0. The van der Waals surface area contributed by atoms with Crippen LogP contribution in [0.4, 0.5) is 0 Å². The highest BCUT2D eigenvalue weighted by molar-refractivity contribution is 4.83. The third-order valence-corrected chi connectivity index (χ3v) is 2.62. The van der Waals surface area contributed by atoms with E-state index in [2.05, 4.69) is 6.92 Å². The molecular formula is C9H21NO. The summed E-state index contributed by atoms with van der Waals surface area (Å²) in [6.45, 7) is 8.71. The highest BCUT2D eigenvalue weighted by Gasteiger charge is 2.31. The molecule has 0 rings (SSSR count). The Morgan fingerprint density at radius 2 is 1.91 bits per heavy atom. The summed E-state index contributed by atoms with van der Waals surface area (Å²) in [6.07, 6.45) is 0.653. The van der Waals surface area contributed by atoms with Gasteiger partial charge < -0.3 is 10.8 Å². The summed E-state index contributed by atoms with van der Waals surface area (Å²) in [7, 11) is 0. The fraction of sp³-hybridized carbons (Fsp3) is 1.00. The SMILES string of the molecule is CCC(C)(CN)C(O)C(C)C. The van der Waals surface area contributed by atoms with Gasteiger partial charge in [-0.05, 0) is 12.3 Å². The van der Waals surface area contributed by atoms with Crippen molar-refractivity contribution < 1.29 is 5.11 Å². The molecule has 3 N–H and O–H groups in total. The molecule has 0 aliphatic heterocycles. The first-order valence-electron chi connectivity index (χ1n) is 4.36. The number of aliphatic hydroxyl groups is 1. The minimum Gasteiger partial charge on any atom is -0.392 e. The highest BCUT2D eigenvalue weighted by Crippen LogP contribution is 2.28. The Morgan fingerprint density at radius 1 is 1.45 bits per heavy atom. The molecule has 0 aliphatic rings. The van der Waals surface area contributed by atoms with Crippen LogP contribution in [0, 0.1) is 11.3 Å². The van der Waals surface area contributed by atoms with Gasteiger partial charge in [0, 0.05) is 12.0 Å². The van der Waals surface area contributed by atoms with Gasteiger partial charge in [-0.3, -0.25) is 0 Å². The molecule has 0 aliphatic carbocycles. The molecule has 0 bridgehead atoms. The standard InChI is InChI=1S/C9H21NO/c1-5-9(4,6-10)8(11)7(2)3/h7-8,11H,5-6,10H2,1-4H3. The van der Waals surface area contributed by atoms with Crippen LogP contribution in [0.3, 0.4) is 0 Å². The van der Waals surface area contributed by atoms with Crippen molar-refractivity contribution in [2.24, 2.45) is 17.1 Å². The Morgan fingerprint density at radius 3 is 2.00 bits per heavy atom. The molecule has 2 heteroatoms. The number of aliphatic hydroxyl groups excluding tert-OH is 1. The molecule has 0 saturated heterocycles. The maximum atomic E-state index is 9.77. The molecule has 0 heterocycles. The summed E-state index contributed by atoms with van der Waals surface area (Å²) in [5.74, 6) is 0.295. The van der Waals surface area contributed by atoms with Crippen molar-refractivity contribution in [2.45, 2.75) is 40.2 Å². The van der Waals surface area contributed by atoms with Crippen LogP contribution in [-0.4, -0.2) is 17.8 Å². The molecule has 0 saturated carbocycles. The second-order valence-electron chi connectivity index (χ2n) is 3.90. The zero-order chi connectivity index (χ0) is 9.07. The van der Waals surface area contributed by atoms with E-state index in [4.69, 9.17) is 5.73 Å². The van der Waals surface area contributed by atoms with E-state index in [0.29, 0.717) is 12.5 Å². The zero-order valence-corrected chi connectivity index (χ0v) is 8.09. The summed E-state index contributed by atoms with van der Waals surface area (Å²) < 4.78 is 0. The fourth-order valence-electron chi connectivity index (χ4n) is 1.28. The maximum absolute atomic E-state index is 9.77. The van der Waals surface area contributed by atoms with Crippen molar-refractivity contribution >= 4 is 0 Å². The van der Waals surface area contributed by atoms with Crippen molar-refractivity contribution in [1.29, 1.82) is 0 Å². The lowest BCUT2D eigenvalue weighted by atomic mass is 9.77. The smallest absolute Gasteiger partial charge is 0.0628 e. The topological polar surface area (TPSA) is 46.2 Å². The molecule has 0 aromatic rings. The Hall–Kier alpha value is -0.0800. The van der Waals surface area contributed by atoms with Crippen LogP contribution in [0.15, 0.2) is 0 Å². The Balaban J connectivity index is 4.24. The summed E-state index contributed by atoms with van der Waals surface area (Å²) in [5, 5.41) is 9.77. The first kappa shape index (κ1) is 10.9. The van der Waals surface area contributed by atoms with Crippen molar-refractivity contribution in [3.05, 3.63) is 0 Å². The van der Waals surface area contributed by atoms with Gasteiger partial charge in [-0.25, -0.2) is 0 Å². The summed E-state index contributed by atoms with van der Waals surface area (Å²) in [5.41, 5.74) is 5.49. The predicted molar refractivity (Wildman–Crippen MR) is 48.3 cm³/mol. The molecule has 68 valence electrons. The van der Waals surface area contributed by atoms with Gasteiger partial charge in [-0.15, -0.1) is 0 Å². The van der Waals surface area contributed by atoms with Crippen molar-refractivity contribution in [2.75, 3.05) is 6.54 Å². The molecule has 0 amide bonds. The number of hydrogen-bond acceptors (Lipinski definition) is 2. The normalized spacial score (nSPS) is 19.9. The first-order valence-corrected chi connectivity index (χ1v) is 4.36. The lowest BCUT2D eigenvalue weighted by Gasteiger charge is -2.34. The Kier molecular flexibility index (Phi) is 4.04. The van der Waals surface area contributed by atoms with Crippen LogP contribution in [0.1, 0.15) is 34.1 Å². The monoisotopic (exact) mass is 159 g/mol. The third kappa shape index (κ3) is 2.46. The summed E-state index contributed by atoms with van der Waals surface area (Å²) in [6, 6.07) is 0. The van der Waals surface area contributed by atoms with Gasteiger partial charge >= 0.3 is 0 Å². The van der Waals surface area contributed by atoms with Crippen molar-refractivity contribution in [3.63, 3.8) is 0 Å². The second-order valence-corrected chi connectivity index (χ2v) is 3.90. The number of rotatable bonds is 4. The van der Waals surface area contributed by atoms with Crippen LogP contribution in [0.2, 0.25) is 0 Å². The van der Waals surface area contributed by atoms with Crippen LogP contribution in [0.25, 0.3) is 0 Å². The van der Waals surface area contributed by atoms with Crippen LogP contribution < -0.4 is 5.73 Å². The van der Waals surface area contributed by atoms with Gasteiger partial charge in [-0.1, -0.05) is 27.7 Å². The van der Waals surface area contributed by atoms with Crippen LogP contribution in [0.5, 0.6) is 0 Å². The molecule has 2 nitrogen and oxygen atoms in total. The average Bonchev–Trinajstić information content (AvgIpc) is 2.01. The van der Waals surface area contributed by atoms with Crippen molar-refractivity contribution in [1.82, 2.24) is 0 Å².